The van der Waals surface area contributed by atoms with Crippen molar-refractivity contribution in [3.63, 3.8) is 0 Å². The highest BCUT2D eigenvalue weighted by atomic mass is 16.5. The number of anilines is 2. The van der Waals surface area contributed by atoms with Crippen LogP contribution in [0.25, 0.3) is 0 Å². The zero-order chi connectivity index (χ0) is 12.1. The first-order valence-electron chi connectivity index (χ1n) is 5.09. The van der Waals surface area contributed by atoms with E-state index in [1.165, 1.54) is 0 Å². The molecule has 0 aliphatic heterocycles. The van der Waals surface area contributed by atoms with E-state index in [1.807, 2.05) is 36.4 Å². The van der Waals surface area contributed by atoms with Crippen LogP contribution in [0.4, 0.5) is 11.4 Å². The highest BCUT2D eigenvalue weighted by Crippen LogP contribution is 2.19. The van der Waals surface area contributed by atoms with Gasteiger partial charge in [0.05, 0.1) is 7.11 Å². The lowest BCUT2D eigenvalue weighted by atomic mass is 10.2. The molecule has 0 spiro atoms. The van der Waals surface area contributed by atoms with Crippen molar-refractivity contribution in [2.45, 2.75) is 0 Å². The zero-order valence-electron chi connectivity index (χ0n) is 9.34. The molecule has 0 amide bonds. The van der Waals surface area contributed by atoms with Crippen molar-refractivity contribution in [2.24, 2.45) is 0 Å². The maximum atomic E-state index is 8.74. The first-order chi connectivity index (χ1) is 8.31. The fourth-order valence-corrected chi connectivity index (χ4v) is 1.41. The van der Waals surface area contributed by atoms with E-state index in [2.05, 4.69) is 10.3 Å². The summed E-state index contributed by atoms with van der Waals surface area (Å²) in [5.41, 5.74) is 2.16. The van der Waals surface area contributed by atoms with E-state index in [0.29, 0.717) is 5.69 Å². The second-order valence-electron chi connectivity index (χ2n) is 3.40. The minimum atomic E-state index is 0.392. The Kier molecular flexibility index (Phi) is 3.22. The lowest BCUT2D eigenvalue weighted by molar-refractivity contribution is 0.415. The molecule has 2 rings (SSSR count). The number of aromatic nitrogens is 1. The van der Waals surface area contributed by atoms with Crippen LogP contribution in [0.2, 0.25) is 0 Å². The van der Waals surface area contributed by atoms with E-state index >= 15 is 0 Å². The van der Waals surface area contributed by atoms with Gasteiger partial charge in [-0.05, 0) is 36.4 Å². The quantitative estimate of drug-likeness (QED) is 0.872. The Balaban J connectivity index is 2.16. The molecule has 0 aliphatic rings. The molecule has 17 heavy (non-hydrogen) atoms. The van der Waals surface area contributed by atoms with Gasteiger partial charge in [0.1, 0.15) is 17.5 Å². The van der Waals surface area contributed by atoms with E-state index in [1.54, 1.807) is 19.4 Å². The fourth-order valence-electron chi connectivity index (χ4n) is 1.41. The van der Waals surface area contributed by atoms with Gasteiger partial charge in [-0.25, -0.2) is 4.98 Å². The average molecular weight is 225 g/mol. The van der Waals surface area contributed by atoms with Gasteiger partial charge in [0.2, 0.25) is 0 Å². The number of nitrogens with zero attached hydrogens (tertiary/aromatic N) is 2. The number of benzene rings is 1. The third-order valence-electron chi connectivity index (χ3n) is 2.25. The predicted molar refractivity (Wildman–Crippen MR) is 65.2 cm³/mol. The molecule has 0 saturated carbocycles. The number of hydrogen-bond acceptors (Lipinski definition) is 4. The molecule has 2 aromatic rings. The third-order valence-corrected chi connectivity index (χ3v) is 2.25. The average Bonchev–Trinajstić information content (AvgIpc) is 2.40. The maximum Gasteiger partial charge on any atom is 0.142 e. The molecule has 4 nitrogen and oxygen atoms in total. The molecule has 0 aliphatic carbocycles. The largest absolute Gasteiger partial charge is 0.497 e. The number of hydrogen-bond donors (Lipinski definition) is 1. The summed E-state index contributed by atoms with van der Waals surface area (Å²) in [7, 11) is 1.63. The van der Waals surface area contributed by atoms with Crippen LogP contribution in [0.15, 0.2) is 42.6 Å². The Morgan fingerprint density at radius 2 is 1.94 bits per heavy atom. The number of methoxy groups -OCH3 is 1. The van der Waals surface area contributed by atoms with E-state index in [-0.39, 0.29) is 0 Å². The summed E-state index contributed by atoms with van der Waals surface area (Å²) in [4.78, 5) is 3.91. The van der Waals surface area contributed by atoms with Crippen LogP contribution in [-0.4, -0.2) is 12.1 Å². The molecule has 84 valence electrons. The fraction of sp³-hybridized carbons (Fsp3) is 0.0769. The zero-order valence-corrected chi connectivity index (χ0v) is 9.34. The summed E-state index contributed by atoms with van der Waals surface area (Å²) >= 11 is 0. The maximum absolute atomic E-state index is 8.74. The number of nitrogens with one attached hydrogen (secondary N) is 1. The van der Waals surface area contributed by atoms with Crippen molar-refractivity contribution < 1.29 is 4.74 Å². The van der Waals surface area contributed by atoms with Crippen molar-refractivity contribution in [3.8, 4) is 11.8 Å². The highest BCUT2D eigenvalue weighted by Gasteiger charge is 1.97. The molecule has 1 aromatic carbocycles. The normalized spacial score (nSPS) is 9.41. The van der Waals surface area contributed by atoms with Crippen LogP contribution in [-0.2, 0) is 0 Å². The van der Waals surface area contributed by atoms with Gasteiger partial charge in [0.25, 0.3) is 0 Å². The van der Waals surface area contributed by atoms with Gasteiger partial charge in [-0.2, -0.15) is 5.26 Å². The molecule has 1 N–H and O–H groups in total. The van der Waals surface area contributed by atoms with Crippen molar-refractivity contribution in [2.75, 3.05) is 12.4 Å². The number of ether oxygens (including phenoxy) is 1. The second-order valence-corrected chi connectivity index (χ2v) is 3.40. The van der Waals surface area contributed by atoms with Crippen molar-refractivity contribution in [3.05, 3.63) is 48.3 Å². The molecule has 1 heterocycles. The number of rotatable bonds is 3. The molecule has 0 unspecified atom stereocenters. The SMILES string of the molecule is COc1ccc(Nc2ccnc(C#N)c2)cc1. The van der Waals surface area contributed by atoms with Gasteiger partial charge in [-0.3, -0.25) is 0 Å². The lowest BCUT2D eigenvalue weighted by Gasteiger charge is -2.07. The Morgan fingerprint density at radius 1 is 1.18 bits per heavy atom. The van der Waals surface area contributed by atoms with E-state index in [9.17, 15) is 0 Å². The molecular weight excluding hydrogens is 214 g/mol. The summed E-state index contributed by atoms with van der Waals surface area (Å²) in [6, 6.07) is 13.1. The smallest absolute Gasteiger partial charge is 0.142 e. The summed E-state index contributed by atoms with van der Waals surface area (Å²) in [5.74, 6) is 0.808. The summed E-state index contributed by atoms with van der Waals surface area (Å²) in [6.45, 7) is 0. The Labute approximate surface area is 99.5 Å². The van der Waals surface area contributed by atoms with Gasteiger partial charge in [0, 0.05) is 17.6 Å². The van der Waals surface area contributed by atoms with Crippen LogP contribution < -0.4 is 10.1 Å². The molecule has 0 atom stereocenters. The summed E-state index contributed by atoms with van der Waals surface area (Å²) in [6.07, 6.45) is 1.60. The minimum absolute atomic E-state index is 0.392. The van der Waals surface area contributed by atoms with Crippen molar-refractivity contribution in [1.29, 1.82) is 5.26 Å². The number of nitriles is 1. The monoisotopic (exact) mass is 225 g/mol. The Hall–Kier alpha value is -2.54. The molecule has 0 fully saturated rings. The van der Waals surface area contributed by atoms with Crippen LogP contribution in [0.1, 0.15) is 5.69 Å². The van der Waals surface area contributed by atoms with Gasteiger partial charge in [-0.15, -0.1) is 0 Å². The van der Waals surface area contributed by atoms with Crippen LogP contribution in [0.5, 0.6) is 5.75 Å². The van der Waals surface area contributed by atoms with Crippen molar-refractivity contribution >= 4 is 11.4 Å². The topological polar surface area (TPSA) is 57.9 Å². The van der Waals surface area contributed by atoms with Crippen LogP contribution in [0, 0.1) is 11.3 Å². The van der Waals surface area contributed by atoms with Gasteiger partial charge in [0.15, 0.2) is 0 Å². The molecule has 4 heteroatoms. The third kappa shape index (κ3) is 2.73. The van der Waals surface area contributed by atoms with Crippen molar-refractivity contribution in [1.82, 2.24) is 4.98 Å². The van der Waals surface area contributed by atoms with Gasteiger partial charge >= 0.3 is 0 Å². The first kappa shape index (κ1) is 11.0. The van der Waals surface area contributed by atoms with E-state index < -0.39 is 0 Å². The first-order valence-corrected chi connectivity index (χ1v) is 5.09. The Bertz CT molecular complexity index is 543. The van der Waals surface area contributed by atoms with Gasteiger partial charge in [-0.1, -0.05) is 0 Å². The minimum Gasteiger partial charge on any atom is -0.497 e. The van der Waals surface area contributed by atoms with Gasteiger partial charge < -0.3 is 10.1 Å². The molecule has 0 radical (unpaired) electrons. The summed E-state index contributed by atoms with van der Waals surface area (Å²) in [5, 5.41) is 11.9. The molecule has 1 aromatic heterocycles. The van der Waals surface area contributed by atoms with E-state index in [4.69, 9.17) is 10.00 Å². The molecule has 0 bridgehead atoms. The van der Waals surface area contributed by atoms with Crippen LogP contribution in [0.3, 0.4) is 0 Å². The molecular formula is C13H11N3O. The van der Waals surface area contributed by atoms with E-state index in [0.717, 1.165) is 17.1 Å². The number of pyridine rings is 1. The standard InChI is InChI=1S/C13H11N3O/c1-17-13-4-2-10(3-5-13)16-11-6-7-15-12(8-11)9-14/h2-8H,1H3,(H,15,16). The summed E-state index contributed by atoms with van der Waals surface area (Å²) < 4.78 is 5.08. The highest BCUT2D eigenvalue weighted by molar-refractivity contribution is 5.60. The molecule has 0 saturated heterocycles. The Morgan fingerprint density at radius 3 is 2.59 bits per heavy atom. The lowest BCUT2D eigenvalue weighted by Crippen LogP contribution is -1.92. The predicted octanol–water partition coefficient (Wildman–Crippen LogP) is 2.71. The van der Waals surface area contributed by atoms with Crippen LogP contribution >= 0.6 is 0 Å². The second kappa shape index (κ2) is 4.99.